The lowest BCUT2D eigenvalue weighted by Gasteiger charge is -2.06. The van der Waals surface area contributed by atoms with Gasteiger partial charge in [-0.1, -0.05) is 11.6 Å². The van der Waals surface area contributed by atoms with Gasteiger partial charge in [0.15, 0.2) is 0 Å². The molecule has 17 heavy (non-hydrogen) atoms. The van der Waals surface area contributed by atoms with Crippen LogP contribution in [0.15, 0.2) is 18.2 Å². The Labute approximate surface area is 102 Å². The van der Waals surface area contributed by atoms with Gasteiger partial charge < -0.3 is 16.0 Å². The second-order valence-electron chi connectivity index (χ2n) is 4.56. The van der Waals surface area contributed by atoms with Crippen molar-refractivity contribution in [3.63, 3.8) is 0 Å². The number of nitrogens with zero attached hydrogens (tertiary/aromatic N) is 1. The smallest absolute Gasteiger partial charge is 0.0485 e. The molecule has 1 aromatic carbocycles. The molecule has 0 saturated heterocycles. The molecule has 2 rings (SSSR count). The van der Waals surface area contributed by atoms with E-state index in [2.05, 4.69) is 36.6 Å². The molecule has 1 heterocycles. The summed E-state index contributed by atoms with van der Waals surface area (Å²) in [6, 6.07) is 6.59. The maximum Gasteiger partial charge on any atom is 0.0485 e. The zero-order valence-electron chi connectivity index (χ0n) is 10.7. The van der Waals surface area contributed by atoms with Crippen LogP contribution in [0.1, 0.15) is 16.8 Å². The lowest BCUT2D eigenvalue weighted by Crippen LogP contribution is -2.11. The second kappa shape index (κ2) is 4.90. The third-order valence-corrected chi connectivity index (χ3v) is 3.36. The fraction of sp³-hybridized carbons (Fsp3) is 0.429. The molecule has 92 valence electrons. The topological polar surface area (TPSA) is 57.0 Å². The first-order chi connectivity index (χ1) is 8.19. The highest BCUT2D eigenvalue weighted by Gasteiger charge is 2.12. The maximum absolute atomic E-state index is 5.71. The van der Waals surface area contributed by atoms with Gasteiger partial charge in [-0.2, -0.15) is 0 Å². The van der Waals surface area contributed by atoms with Crippen molar-refractivity contribution in [1.82, 2.24) is 4.57 Å². The summed E-state index contributed by atoms with van der Waals surface area (Å²) in [6.07, 6.45) is 0.934. The maximum atomic E-state index is 5.71. The van der Waals surface area contributed by atoms with Gasteiger partial charge in [-0.25, -0.2) is 0 Å². The van der Waals surface area contributed by atoms with Crippen molar-refractivity contribution >= 4 is 10.9 Å². The molecule has 0 bridgehead atoms. The first-order valence-corrected chi connectivity index (χ1v) is 6.17. The lowest BCUT2D eigenvalue weighted by molar-refractivity contribution is 0.709. The van der Waals surface area contributed by atoms with Crippen LogP contribution in [0.5, 0.6) is 0 Å². The molecule has 0 aliphatic rings. The van der Waals surface area contributed by atoms with Crippen LogP contribution in [0.25, 0.3) is 10.9 Å². The minimum atomic E-state index is 0.667. The predicted molar refractivity (Wildman–Crippen MR) is 73.2 cm³/mol. The molecule has 0 spiro atoms. The fourth-order valence-corrected chi connectivity index (χ4v) is 2.54. The molecule has 0 unspecified atom stereocenters. The highest BCUT2D eigenvalue weighted by Crippen LogP contribution is 2.27. The Balaban J connectivity index is 2.69. The fourth-order valence-electron chi connectivity index (χ4n) is 2.54. The van der Waals surface area contributed by atoms with Crippen molar-refractivity contribution in [3.8, 4) is 0 Å². The Hall–Kier alpha value is -1.32. The van der Waals surface area contributed by atoms with Gasteiger partial charge in [0.25, 0.3) is 0 Å². The van der Waals surface area contributed by atoms with Crippen LogP contribution >= 0.6 is 0 Å². The van der Waals surface area contributed by atoms with E-state index in [-0.39, 0.29) is 0 Å². The van der Waals surface area contributed by atoms with E-state index in [0.29, 0.717) is 13.1 Å². The van der Waals surface area contributed by atoms with E-state index in [0.717, 1.165) is 13.0 Å². The van der Waals surface area contributed by atoms with Crippen LogP contribution in [-0.4, -0.2) is 17.7 Å². The monoisotopic (exact) mass is 231 g/mol. The van der Waals surface area contributed by atoms with Gasteiger partial charge >= 0.3 is 0 Å². The number of fused-ring (bicyclic) bond motifs is 1. The molecule has 4 N–H and O–H groups in total. The van der Waals surface area contributed by atoms with Crippen molar-refractivity contribution < 1.29 is 0 Å². The van der Waals surface area contributed by atoms with Crippen LogP contribution in [0.2, 0.25) is 0 Å². The number of hydrogen-bond acceptors (Lipinski definition) is 2. The third kappa shape index (κ3) is 2.08. The lowest BCUT2D eigenvalue weighted by atomic mass is 10.1. The quantitative estimate of drug-likeness (QED) is 0.841. The number of benzene rings is 1. The summed E-state index contributed by atoms with van der Waals surface area (Å²) in [5.41, 5.74) is 16.6. The average Bonchev–Trinajstić information content (AvgIpc) is 2.55. The van der Waals surface area contributed by atoms with Gasteiger partial charge in [0, 0.05) is 29.7 Å². The molecule has 0 aliphatic heterocycles. The van der Waals surface area contributed by atoms with E-state index < -0.39 is 0 Å². The summed E-state index contributed by atoms with van der Waals surface area (Å²) in [4.78, 5) is 0. The largest absolute Gasteiger partial charge is 0.343 e. The number of aryl methyl sites for hydroxylation is 1. The SMILES string of the molecule is Cc1ccc2c(c1)c(CCN)c(C)n2CCN. The van der Waals surface area contributed by atoms with Crippen molar-refractivity contribution in [1.29, 1.82) is 0 Å². The van der Waals surface area contributed by atoms with E-state index in [4.69, 9.17) is 11.5 Å². The highest BCUT2D eigenvalue weighted by molar-refractivity contribution is 5.86. The normalized spacial score (nSPS) is 11.3. The molecule has 1 aromatic heterocycles. The van der Waals surface area contributed by atoms with Crippen LogP contribution < -0.4 is 11.5 Å². The molecule has 0 aliphatic carbocycles. The standard InChI is InChI=1S/C14H21N3/c1-10-3-4-14-13(9-10)12(5-6-15)11(2)17(14)8-7-16/h3-4,9H,5-8,15-16H2,1-2H3. The van der Waals surface area contributed by atoms with Crippen molar-refractivity contribution in [2.75, 3.05) is 13.1 Å². The van der Waals surface area contributed by atoms with Crippen molar-refractivity contribution in [2.45, 2.75) is 26.8 Å². The van der Waals surface area contributed by atoms with Crippen LogP contribution in [0.3, 0.4) is 0 Å². The Morgan fingerprint density at radius 1 is 1.12 bits per heavy atom. The van der Waals surface area contributed by atoms with E-state index in [9.17, 15) is 0 Å². The van der Waals surface area contributed by atoms with E-state index in [1.54, 1.807) is 0 Å². The molecule has 2 aromatic rings. The molecule has 3 nitrogen and oxygen atoms in total. The number of rotatable bonds is 4. The Morgan fingerprint density at radius 2 is 1.88 bits per heavy atom. The van der Waals surface area contributed by atoms with Gasteiger partial charge in [0.05, 0.1) is 0 Å². The van der Waals surface area contributed by atoms with Crippen molar-refractivity contribution in [2.24, 2.45) is 11.5 Å². The molecule has 0 saturated carbocycles. The van der Waals surface area contributed by atoms with Crippen LogP contribution in [0.4, 0.5) is 0 Å². The van der Waals surface area contributed by atoms with Crippen LogP contribution in [-0.2, 0) is 13.0 Å². The minimum Gasteiger partial charge on any atom is -0.343 e. The van der Waals surface area contributed by atoms with Gasteiger partial charge in [-0.05, 0) is 44.5 Å². The summed E-state index contributed by atoms with van der Waals surface area (Å²) in [5, 5.41) is 1.33. The van der Waals surface area contributed by atoms with Crippen molar-refractivity contribution in [3.05, 3.63) is 35.0 Å². The summed E-state index contributed by atoms with van der Waals surface area (Å²) in [5.74, 6) is 0. The Kier molecular flexibility index (Phi) is 3.50. The number of aromatic nitrogens is 1. The zero-order chi connectivity index (χ0) is 12.4. The number of hydrogen-bond donors (Lipinski definition) is 2. The third-order valence-electron chi connectivity index (χ3n) is 3.36. The van der Waals surface area contributed by atoms with Gasteiger partial charge in [0.2, 0.25) is 0 Å². The van der Waals surface area contributed by atoms with E-state index in [1.807, 2.05) is 0 Å². The molecule has 0 amide bonds. The average molecular weight is 231 g/mol. The molecular weight excluding hydrogens is 210 g/mol. The molecular formula is C14H21N3. The van der Waals surface area contributed by atoms with Crippen LogP contribution in [0, 0.1) is 13.8 Å². The van der Waals surface area contributed by atoms with E-state index in [1.165, 1.54) is 27.7 Å². The first kappa shape index (κ1) is 12.1. The Morgan fingerprint density at radius 3 is 2.53 bits per heavy atom. The zero-order valence-corrected chi connectivity index (χ0v) is 10.7. The molecule has 3 heteroatoms. The predicted octanol–water partition coefficient (Wildman–Crippen LogP) is 1.72. The van der Waals surface area contributed by atoms with Gasteiger partial charge in [-0.15, -0.1) is 0 Å². The second-order valence-corrected chi connectivity index (χ2v) is 4.56. The summed E-state index contributed by atoms with van der Waals surface area (Å²) >= 11 is 0. The molecule has 0 atom stereocenters. The Bertz CT molecular complexity index is 526. The van der Waals surface area contributed by atoms with Gasteiger partial charge in [-0.3, -0.25) is 0 Å². The van der Waals surface area contributed by atoms with Gasteiger partial charge in [0.1, 0.15) is 0 Å². The first-order valence-electron chi connectivity index (χ1n) is 6.17. The summed E-state index contributed by atoms with van der Waals surface area (Å²) in [7, 11) is 0. The molecule has 0 fully saturated rings. The number of nitrogens with two attached hydrogens (primary N) is 2. The highest BCUT2D eigenvalue weighted by atomic mass is 15.0. The van der Waals surface area contributed by atoms with E-state index >= 15 is 0 Å². The summed E-state index contributed by atoms with van der Waals surface area (Å²) in [6.45, 7) is 6.52. The summed E-state index contributed by atoms with van der Waals surface area (Å²) < 4.78 is 2.31. The molecule has 0 radical (unpaired) electrons. The minimum absolute atomic E-state index is 0.667.